The molecule has 11 nitrogen and oxygen atoms in total. The number of Topliss-reactive ketones (excluding diaryl/α,β-unsaturated/α-hetero) is 3. The van der Waals surface area contributed by atoms with Crippen molar-refractivity contribution in [3.8, 4) is 0 Å². The van der Waals surface area contributed by atoms with Gasteiger partial charge in [0, 0.05) is 52.0 Å². The summed E-state index contributed by atoms with van der Waals surface area (Å²) in [5, 5.41) is 6.51. The van der Waals surface area contributed by atoms with E-state index in [0.717, 1.165) is 84.4 Å². The van der Waals surface area contributed by atoms with Crippen LogP contribution >= 0.6 is 0 Å². The van der Waals surface area contributed by atoms with Crippen molar-refractivity contribution in [1.29, 1.82) is 0 Å². The van der Waals surface area contributed by atoms with Gasteiger partial charge in [0.1, 0.15) is 22.9 Å². The lowest BCUT2D eigenvalue weighted by atomic mass is 10.0. The Kier molecular flexibility index (Phi) is 16.9. The Labute approximate surface area is 310 Å². The molecule has 5 heterocycles. The Balaban J connectivity index is 0.000000161. The van der Waals surface area contributed by atoms with E-state index < -0.39 is 5.60 Å². The molecule has 0 aromatic heterocycles. The summed E-state index contributed by atoms with van der Waals surface area (Å²) in [4.78, 5) is 50.4. The molecule has 7 rings (SSSR count). The highest BCUT2D eigenvalue weighted by molar-refractivity contribution is 5.85. The summed E-state index contributed by atoms with van der Waals surface area (Å²) in [6.45, 7) is 15.6. The number of likely N-dealkylation sites (tertiary alicyclic amines) is 3. The normalized spacial score (nSPS) is 22.7. The summed E-state index contributed by atoms with van der Waals surface area (Å²) >= 11 is 0. The van der Waals surface area contributed by atoms with Crippen molar-refractivity contribution in [2.24, 2.45) is 0 Å². The fraction of sp³-hybridized carbons (Fsp3) is 0.610. The zero-order valence-corrected chi connectivity index (χ0v) is 31.7. The first kappa shape index (κ1) is 41.3. The summed E-state index contributed by atoms with van der Waals surface area (Å²) in [7, 11) is 0. The highest BCUT2D eigenvalue weighted by Crippen LogP contribution is 2.26. The van der Waals surface area contributed by atoms with Crippen molar-refractivity contribution < 1.29 is 28.7 Å². The van der Waals surface area contributed by atoms with E-state index in [0.29, 0.717) is 37.6 Å². The van der Waals surface area contributed by atoms with Crippen molar-refractivity contribution in [3.63, 3.8) is 0 Å². The highest BCUT2D eigenvalue weighted by atomic mass is 16.6. The van der Waals surface area contributed by atoms with Crippen molar-refractivity contribution in [2.75, 3.05) is 65.5 Å². The molecule has 11 heteroatoms. The molecular weight excluding hydrogens is 658 g/mol. The Morgan fingerprint density at radius 1 is 0.750 bits per heavy atom. The van der Waals surface area contributed by atoms with Crippen LogP contribution in [0.5, 0.6) is 0 Å². The molecule has 2 N–H and O–H groups in total. The second kappa shape index (κ2) is 21.3. The molecule has 1 amide bonds. The van der Waals surface area contributed by atoms with Gasteiger partial charge in [0.25, 0.3) is 0 Å². The molecule has 5 saturated heterocycles. The summed E-state index contributed by atoms with van der Waals surface area (Å²) in [6.07, 6.45) is 6.92. The molecule has 1 spiro atoms. The smallest absolute Gasteiger partial charge is 0.410 e. The van der Waals surface area contributed by atoms with E-state index in [1.807, 2.05) is 39.0 Å². The first-order chi connectivity index (χ1) is 25.0. The number of amides is 1. The standard InChI is InChI=1S/C14H20N2O.C12H15NO.C10H17NO3.C5H9NO/c1-2-5-13(6-3-1)11-16-9-4-7-14(12-16)15-8-10-17-14;14-12-7-4-8-13(10-12)9-11-5-2-1-3-6-11;1-10(2,3)14-9(13)11-6-4-5-8(12)7-11;7-5-2-1-3-6-4-5/h1-3,5-6,15H,4,7-12H2;1-3,5-6H,4,7-10H2;4-7H2,1-3H3;6H,1-4H2. The van der Waals surface area contributed by atoms with Gasteiger partial charge in [-0.25, -0.2) is 4.79 Å². The SMILES string of the molecule is CC(C)(C)OC(=O)N1CCCC(=O)C1.O=C1CCCN(Cc2ccccc2)C1.O=C1CCCNC1.c1ccc(CN2CCCC3(C2)NCCO3)cc1. The second-order valence-corrected chi connectivity index (χ2v) is 15.3. The number of rotatable bonds is 4. The minimum Gasteiger partial charge on any atom is -0.444 e. The van der Waals surface area contributed by atoms with Gasteiger partial charge < -0.3 is 19.7 Å². The lowest BCUT2D eigenvalue weighted by Crippen LogP contribution is -2.54. The number of benzene rings is 2. The van der Waals surface area contributed by atoms with Crippen LogP contribution in [0.25, 0.3) is 0 Å². The van der Waals surface area contributed by atoms with Crippen LogP contribution < -0.4 is 10.6 Å². The van der Waals surface area contributed by atoms with E-state index in [-0.39, 0.29) is 24.1 Å². The summed E-state index contributed by atoms with van der Waals surface area (Å²) in [5.41, 5.74) is 2.15. The van der Waals surface area contributed by atoms with Crippen molar-refractivity contribution >= 4 is 23.4 Å². The van der Waals surface area contributed by atoms with Gasteiger partial charge in [0.2, 0.25) is 0 Å². The first-order valence-electron chi connectivity index (χ1n) is 19.1. The monoisotopic (exact) mass is 719 g/mol. The molecule has 286 valence electrons. The van der Waals surface area contributed by atoms with E-state index in [1.165, 1.54) is 29.0 Å². The van der Waals surface area contributed by atoms with Crippen LogP contribution in [0.3, 0.4) is 0 Å². The van der Waals surface area contributed by atoms with Gasteiger partial charge in [-0.3, -0.25) is 29.5 Å². The number of piperidine rings is 4. The average molecular weight is 720 g/mol. The van der Waals surface area contributed by atoms with E-state index >= 15 is 0 Å². The molecular formula is C41H61N5O6. The topological polar surface area (TPSA) is 121 Å². The van der Waals surface area contributed by atoms with Gasteiger partial charge in [0.05, 0.1) is 26.2 Å². The van der Waals surface area contributed by atoms with Gasteiger partial charge in [-0.2, -0.15) is 0 Å². The fourth-order valence-corrected chi connectivity index (χ4v) is 6.85. The molecule has 5 aliphatic rings. The van der Waals surface area contributed by atoms with E-state index in [1.54, 1.807) is 0 Å². The van der Waals surface area contributed by atoms with Gasteiger partial charge in [-0.05, 0) is 83.6 Å². The number of nitrogens with one attached hydrogen (secondary N) is 2. The van der Waals surface area contributed by atoms with Crippen LogP contribution in [0.2, 0.25) is 0 Å². The first-order valence-corrected chi connectivity index (χ1v) is 19.1. The predicted molar refractivity (Wildman–Crippen MR) is 203 cm³/mol. The van der Waals surface area contributed by atoms with Crippen LogP contribution in [0.4, 0.5) is 4.79 Å². The third-order valence-corrected chi connectivity index (χ3v) is 9.32. The maximum absolute atomic E-state index is 11.5. The molecule has 2 aromatic rings. The second-order valence-electron chi connectivity index (χ2n) is 15.3. The van der Waals surface area contributed by atoms with Crippen LogP contribution in [-0.2, 0) is 36.9 Å². The van der Waals surface area contributed by atoms with E-state index in [4.69, 9.17) is 9.47 Å². The molecule has 52 heavy (non-hydrogen) atoms. The molecule has 0 aliphatic carbocycles. The average Bonchev–Trinajstić information content (AvgIpc) is 3.56. The number of hydrogen-bond acceptors (Lipinski definition) is 10. The number of nitrogens with zero attached hydrogens (tertiary/aromatic N) is 3. The lowest BCUT2D eigenvalue weighted by molar-refractivity contribution is -0.122. The molecule has 2 aromatic carbocycles. The van der Waals surface area contributed by atoms with Crippen LogP contribution in [-0.4, -0.2) is 115 Å². The van der Waals surface area contributed by atoms with Gasteiger partial charge in [0.15, 0.2) is 5.78 Å². The van der Waals surface area contributed by atoms with Gasteiger partial charge >= 0.3 is 6.09 Å². The third kappa shape index (κ3) is 15.6. The quantitative estimate of drug-likeness (QED) is 0.448. The van der Waals surface area contributed by atoms with Crippen molar-refractivity contribution in [1.82, 2.24) is 25.3 Å². The maximum atomic E-state index is 11.5. The minimum absolute atomic E-state index is 0.0486. The third-order valence-electron chi connectivity index (χ3n) is 9.32. The number of carbonyl (C=O) groups is 4. The number of ether oxygens (including phenoxy) is 2. The Morgan fingerprint density at radius 2 is 1.35 bits per heavy atom. The number of ketones is 3. The van der Waals surface area contributed by atoms with E-state index in [2.05, 4.69) is 62.9 Å². The lowest BCUT2D eigenvalue weighted by Gasteiger charge is -2.39. The van der Waals surface area contributed by atoms with Crippen molar-refractivity contribution in [3.05, 3.63) is 71.8 Å². The van der Waals surface area contributed by atoms with Gasteiger partial charge in [-0.15, -0.1) is 0 Å². The zero-order valence-electron chi connectivity index (χ0n) is 31.7. The highest BCUT2D eigenvalue weighted by Gasteiger charge is 2.38. The molecule has 0 bridgehead atoms. The number of carbonyl (C=O) groups excluding carboxylic acids is 4. The summed E-state index contributed by atoms with van der Waals surface area (Å²) in [5.74, 6) is 0.848. The molecule has 5 aliphatic heterocycles. The molecule has 5 fully saturated rings. The molecule has 1 unspecified atom stereocenters. The van der Waals surface area contributed by atoms with Crippen LogP contribution in [0, 0.1) is 0 Å². The predicted octanol–water partition coefficient (Wildman–Crippen LogP) is 4.98. The number of hydrogen-bond donors (Lipinski definition) is 2. The Hall–Kier alpha value is -3.48. The molecule has 0 radical (unpaired) electrons. The van der Waals surface area contributed by atoms with Crippen molar-refractivity contribution in [2.45, 2.75) is 96.6 Å². The van der Waals surface area contributed by atoms with E-state index in [9.17, 15) is 19.2 Å². The minimum atomic E-state index is -0.489. The van der Waals surface area contributed by atoms with Crippen LogP contribution in [0.1, 0.15) is 83.3 Å². The fourth-order valence-electron chi connectivity index (χ4n) is 6.85. The summed E-state index contributed by atoms with van der Waals surface area (Å²) in [6, 6.07) is 21.0. The zero-order chi connectivity index (χ0) is 37.2. The largest absolute Gasteiger partial charge is 0.444 e. The Bertz CT molecular complexity index is 1390. The molecule has 1 atom stereocenters. The Morgan fingerprint density at radius 3 is 1.87 bits per heavy atom. The summed E-state index contributed by atoms with van der Waals surface area (Å²) < 4.78 is 11.1. The maximum Gasteiger partial charge on any atom is 0.410 e. The molecule has 0 saturated carbocycles. The van der Waals surface area contributed by atoms with Gasteiger partial charge in [-0.1, -0.05) is 60.7 Å². The van der Waals surface area contributed by atoms with Crippen LogP contribution in [0.15, 0.2) is 60.7 Å².